The van der Waals surface area contributed by atoms with E-state index in [9.17, 15) is 19.2 Å². The fraction of sp³-hybridized carbons (Fsp3) is 0.182. The number of carbonyl (C=O) groups excluding carboxylic acids is 4. The lowest BCUT2D eigenvalue weighted by Crippen LogP contribution is -2.50. The lowest BCUT2D eigenvalue weighted by atomic mass is 10.0. The van der Waals surface area contributed by atoms with Crippen molar-refractivity contribution >= 4 is 45.6 Å². The quantitative estimate of drug-likeness (QED) is 0.0524. The van der Waals surface area contributed by atoms with Gasteiger partial charge in [0, 0.05) is 61.1 Å². The predicted molar refractivity (Wildman–Crippen MR) is 229 cm³/mol. The summed E-state index contributed by atoms with van der Waals surface area (Å²) in [5.41, 5.74) is 4.65. The van der Waals surface area contributed by atoms with Crippen molar-refractivity contribution in [2.24, 2.45) is 0 Å². The monoisotopic (exact) mass is 842 g/mol. The van der Waals surface area contributed by atoms with E-state index in [0.717, 1.165) is 33.4 Å². The van der Waals surface area contributed by atoms with Crippen LogP contribution in [0.15, 0.2) is 159 Å². The van der Waals surface area contributed by atoms with Gasteiger partial charge in [-0.05, 0) is 81.9 Å². The Balaban J connectivity index is 1.16. The minimum Gasteiger partial charge on any atom is -0.445 e. The van der Waals surface area contributed by atoms with Crippen LogP contribution in [0.25, 0.3) is 0 Å². The second-order valence-corrected chi connectivity index (χ2v) is 15.6. The van der Waals surface area contributed by atoms with Crippen molar-refractivity contribution in [2.75, 3.05) is 11.5 Å². The molecule has 6 aromatic rings. The Bertz CT molecular complexity index is 2000. The van der Waals surface area contributed by atoms with Crippen molar-refractivity contribution < 1.29 is 28.7 Å². The molecule has 4 amide bonds. The molecule has 60 heavy (non-hydrogen) atoms. The summed E-state index contributed by atoms with van der Waals surface area (Å²) in [4.78, 5) is 70.9. The molecule has 16 heteroatoms. The zero-order chi connectivity index (χ0) is 41.8. The van der Waals surface area contributed by atoms with Crippen LogP contribution in [-0.4, -0.2) is 67.5 Å². The van der Waals surface area contributed by atoms with Gasteiger partial charge in [-0.3, -0.25) is 29.5 Å². The number of alkyl carbamates (subject to hydrolysis) is 2. The van der Waals surface area contributed by atoms with E-state index in [-0.39, 0.29) is 24.7 Å². The molecule has 0 saturated carbocycles. The molecule has 2 atom stereocenters. The molecular formula is C44H42N8O6S2. The number of ether oxygens (including phenoxy) is 2. The number of benzene rings is 2. The lowest BCUT2D eigenvalue weighted by Gasteiger charge is -2.25. The maximum atomic E-state index is 14.1. The Morgan fingerprint density at radius 1 is 0.433 bits per heavy atom. The van der Waals surface area contributed by atoms with Crippen molar-refractivity contribution in [1.29, 1.82) is 0 Å². The van der Waals surface area contributed by atoms with E-state index in [4.69, 9.17) is 9.47 Å². The maximum absolute atomic E-state index is 14.1. The lowest BCUT2D eigenvalue weighted by molar-refractivity contribution is -0.123. The van der Waals surface area contributed by atoms with Crippen LogP contribution >= 0.6 is 21.6 Å². The largest absolute Gasteiger partial charge is 0.445 e. The van der Waals surface area contributed by atoms with Gasteiger partial charge < -0.3 is 30.7 Å². The van der Waals surface area contributed by atoms with Crippen LogP contribution in [0.5, 0.6) is 0 Å². The van der Waals surface area contributed by atoms with E-state index in [1.165, 1.54) is 21.6 Å². The van der Waals surface area contributed by atoms with Gasteiger partial charge in [0.1, 0.15) is 25.3 Å². The van der Waals surface area contributed by atoms with Gasteiger partial charge in [0.25, 0.3) is 0 Å². The highest BCUT2D eigenvalue weighted by atomic mass is 33.1. The molecule has 0 radical (unpaired) electrons. The third-order valence-corrected chi connectivity index (χ3v) is 11.3. The summed E-state index contributed by atoms with van der Waals surface area (Å²) in [5.74, 6) is -0.819. The van der Waals surface area contributed by atoms with E-state index in [1.54, 1.807) is 98.1 Å². The molecule has 0 aliphatic heterocycles. The summed E-state index contributed by atoms with van der Waals surface area (Å²) in [7, 11) is 2.47. The number of pyridine rings is 4. The van der Waals surface area contributed by atoms with E-state index >= 15 is 0 Å². The SMILES string of the molecule is O=C(NC(CSSC[C@H](NC(=O)OCc1ccccc1)C(=O)NC(c1ccncc1)c1ccncc1)C(=O)NC(c1ccncc1)c1ccncc1)OCc1ccccc1. The van der Waals surface area contributed by atoms with Crippen LogP contribution in [0.1, 0.15) is 45.5 Å². The topological polar surface area (TPSA) is 186 Å². The van der Waals surface area contributed by atoms with E-state index in [2.05, 4.69) is 41.2 Å². The van der Waals surface area contributed by atoms with Crippen LogP contribution < -0.4 is 21.3 Å². The highest BCUT2D eigenvalue weighted by Gasteiger charge is 2.29. The minimum atomic E-state index is -1.07. The summed E-state index contributed by atoms with van der Waals surface area (Å²) >= 11 is 0. The number of rotatable bonds is 19. The van der Waals surface area contributed by atoms with Gasteiger partial charge in [-0.25, -0.2) is 9.59 Å². The Hall–Kier alpha value is -6.78. The third kappa shape index (κ3) is 13.4. The highest BCUT2D eigenvalue weighted by Crippen LogP contribution is 2.26. The number of aromatic nitrogens is 4. The van der Waals surface area contributed by atoms with Crippen LogP contribution in [0.2, 0.25) is 0 Å². The third-order valence-electron chi connectivity index (χ3n) is 8.93. The molecule has 0 spiro atoms. The van der Waals surface area contributed by atoms with Gasteiger partial charge in [0.15, 0.2) is 0 Å². The summed E-state index contributed by atoms with van der Waals surface area (Å²) in [6, 6.07) is 29.4. The van der Waals surface area contributed by atoms with Gasteiger partial charge in [0.2, 0.25) is 11.8 Å². The Morgan fingerprint density at radius 3 is 1.03 bits per heavy atom. The first-order valence-corrected chi connectivity index (χ1v) is 21.3. The molecule has 0 saturated heterocycles. The summed E-state index contributed by atoms with van der Waals surface area (Å²) in [5, 5.41) is 11.6. The number of carbonyl (C=O) groups is 4. The molecule has 0 fully saturated rings. The van der Waals surface area contributed by atoms with Crippen LogP contribution in [0.4, 0.5) is 9.59 Å². The molecule has 2 aromatic carbocycles. The maximum Gasteiger partial charge on any atom is 0.408 e. The van der Waals surface area contributed by atoms with Crippen molar-refractivity contribution in [3.63, 3.8) is 0 Å². The fourth-order valence-electron chi connectivity index (χ4n) is 5.84. The molecule has 4 N–H and O–H groups in total. The van der Waals surface area contributed by atoms with E-state index in [0.29, 0.717) is 0 Å². The number of hydrogen-bond donors (Lipinski definition) is 4. The Labute approximate surface area is 355 Å². The van der Waals surface area contributed by atoms with Crippen molar-refractivity contribution in [1.82, 2.24) is 41.2 Å². The normalized spacial score (nSPS) is 11.8. The van der Waals surface area contributed by atoms with Gasteiger partial charge in [-0.15, -0.1) is 0 Å². The molecule has 0 aliphatic rings. The van der Waals surface area contributed by atoms with E-state index < -0.39 is 48.2 Å². The molecular weight excluding hydrogens is 801 g/mol. The molecule has 0 bridgehead atoms. The molecule has 4 heterocycles. The van der Waals surface area contributed by atoms with Gasteiger partial charge in [-0.1, -0.05) is 82.3 Å². The average Bonchev–Trinajstić information content (AvgIpc) is 3.30. The minimum absolute atomic E-state index is 0.00236. The second kappa shape index (κ2) is 23.0. The van der Waals surface area contributed by atoms with E-state index in [1.807, 2.05) is 60.7 Å². The standard InChI is InChI=1S/C44H42N8O6S2/c53-41(51-39(33-11-19-45-20-12-33)34-13-21-46-22-14-34)37(49-43(55)57-27-31-7-3-1-4-8-31)29-59-60-30-38(50-44(56)58-28-32-9-5-2-6-10-32)42(54)52-40(35-15-23-47-24-16-35)36-17-25-48-26-18-36/h1-26,37-40H,27-30H2,(H,49,55)(H,50,56)(H,51,53)(H,52,54)/t37-,38?/m0/s1. The second-order valence-electron chi connectivity index (χ2n) is 13.1. The van der Waals surface area contributed by atoms with Crippen molar-refractivity contribution in [3.8, 4) is 0 Å². The number of hydrogen-bond acceptors (Lipinski definition) is 12. The number of amides is 4. The number of nitrogens with one attached hydrogen (secondary N) is 4. The molecule has 14 nitrogen and oxygen atoms in total. The molecule has 4 aromatic heterocycles. The Morgan fingerprint density at radius 2 is 0.733 bits per heavy atom. The summed E-state index contributed by atoms with van der Waals surface area (Å²) in [6.45, 7) is 0.00471. The number of nitrogens with zero attached hydrogens (tertiary/aromatic N) is 4. The Kier molecular flexibility index (Phi) is 16.4. The molecule has 6 rings (SSSR count). The fourth-order valence-corrected chi connectivity index (χ4v) is 8.17. The van der Waals surface area contributed by atoms with Gasteiger partial charge >= 0.3 is 12.2 Å². The van der Waals surface area contributed by atoms with Gasteiger partial charge in [-0.2, -0.15) is 0 Å². The average molecular weight is 843 g/mol. The summed E-state index contributed by atoms with van der Waals surface area (Å²) < 4.78 is 11.0. The van der Waals surface area contributed by atoms with Crippen LogP contribution in [0, 0.1) is 0 Å². The smallest absolute Gasteiger partial charge is 0.408 e. The zero-order valence-corrected chi connectivity index (χ0v) is 33.8. The molecule has 0 aliphatic carbocycles. The van der Waals surface area contributed by atoms with Crippen LogP contribution in [0.3, 0.4) is 0 Å². The van der Waals surface area contributed by atoms with Crippen molar-refractivity contribution in [3.05, 3.63) is 192 Å². The zero-order valence-electron chi connectivity index (χ0n) is 32.2. The van der Waals surface area contributed by atoms with Gasteiger partial charge in [0.05, 0.1) is 12.1 Å². The molecule has 1 unspecified atom stereocenters. The predicted octanol–water partition coefficient (Wildman–Crippen LogP) is 6.35. The first kappa shape index (κ1) is 42.8. The summed E-state index contributed by atoms with van der Waals surface area (Å²) in [6.07, 6.45) is 11.5. The van der Waals surface area contributed by atoms with Crippen LogP contribution in [-0.2, 0) is 32.3 Å². The van der Waals surface area contributed by atoms with Crippen molar-refractivity contribution in [2.45, 2.75) is 37.4 Å². The molecule has 306 valence electrons. The first-order chi connectivity index (χ1) is 29.4. The first-order valence-electron chi connectivity index (χ1n) is 18.8. The highest BCUT2D eigenvalue weighted by molar-refractivity contribution is 8.76.